The molecule has 1 atom stereocenters. The molecule has 1 saturated heterocycles. The lowest BCUT2D eigenvalue weighted by molar-refractivity contribution is -0.130. The lowest BCUT2D eigenvalue weighted by Crippen LogP contribution is -2.30. The number of benzene rings is 2. The van der Waals surface area contributed by atoms with Gasteiger partial charge in [-0.25, -0.2) is 0 Å². The molecule has 0 N–H and O–H groups in total. The monoisotopic (exact) mass is 339 g/mol. The fourth-order valence-corrected chi connectivity index (χ4v) is 3.08. The van der Waals surface area contributed by atoms with Crippen LogP contribution in [0.5, 0.6) is 5.75 Å². The number of carbonyl (C=O) groups excluding carboxylic acids is 1. The van der Waals surface area contributed by atoms with Crippen LogP contribution in [0.1, 0.15) is 24.0 Å². The molecule has 1 amide bonds. The summed E-state index contributed by atoms with van der Waals surface area (Å²) >= 11 is 0. The molecule has 2 aromatic carbocycles. The number of hydrogen-bond donors (Lipinski definition) is 0. The Balaban J connectivity index is 1.41. The maximum Gasteiger partial charge on any atom is 0.222 e. The lowest BCUT2D eigenvalue weighted by atomic mass is 10.1. The first-order valence-corrected chi connectivity index (χ1v) is 8.81. The van der Waals surface area contributed by atoms with Crippen molar-refractivity contribution < 1.29 is 14.3 Å². The Kier molecular flexibility index (Phi) is 6.07. The molecule has 0 saturated carbocycles. The molecular weight excluding hydrogens is 314 g/mol. The van der Waals surface area contributed by atoms with Crippen molar-refractivity contribution in [1.82, 2.24) is 4.90 Å². The second-order valence-corrected chi connectivity index (χ2v) is 6.40. The Bertz CT molecular complexity index is 669. The van der Waals surface area contributed by atoms with E-state index in [-0.39, 0.29) is 12.0 Å². The minimum absolute atomic E-state index is 0.144. The second-order valence-electron chi connectivity index (χ2n) is 6.40. The van der Waals surface area contributed by atoms with E-state index in [9.17, 15) is 4.79 Å². The van der Waals surface area contributed by atoms with Gasteiger partial charge in [0, 0.05) is 19.5 Å². The van der Waals surface area contributed by atoms with Gasteiger partial charge in [0.15, 0.2) is 0 Å². The quantitative estimate of drug-likeness (QED) is 0.775. The van der Waals surface area contributed by atoms with E-state index in [0.29, 0.717) is 19.6 Å². The molecule has 25 heavy (non-hydrogen) atoms. The molecule has 4 heteroatoms. The van der Waals surface area contributed by atoms with Gasteiger partial charge in [-0.1, -0.05) is 42.5 Å². The molecule has 1 heterocycles. The summed E-state index contributed by atoms with van der Waals surface area (Å²) in [5, 5.41) is 0. The summed E-state index contributed by atoms with van der Waals surface area (Å²) in [4.78, 5) is 14.3. The molecule has 0 radical (unpaired) electrons. The number of nitrogens with zero attached hydrogens (tertiary/aromatic N) is 1. The molecule has 0 aromatic heterocycles. The highest BCUT2D eigenvalue weighted by Crippen LogP contribution is 2.17. The predicted molar refractivity (Wildman–Crippen MR) is 97.5 cm³/mol. The minimum atomic E-state index is 0.144. The molecular formula is C21H25NO3. The summed E-state index contributed by atoms with van der Waals surface area (Å²) in [7, 11) is 1.65. The van der Waals surface area contributed by atoms with E-state index in [2.05, 4.69) is 12.1 Å². The third-order valence-electron chi connectivity index (χ3n) is 4.61. The average molecular weight is 339 g/mol. The van der Waals surface area contributed by atoms with Crippen molar-refractivity contribution in [3.05, 3.63) is 65.7 Å². The minimum Gasteiger partial charge on any atom is -0.497 e. The summed E-state index contributed by atoms with van der Waals surface area (Å²) in [6.07, 6.45) is 2.36. The van der Waals surface area contributed by atoms with Crippen LogP contribution in [0.4, 0.5) is 0 Å². The number of hydrogen-bond acceptors (Lipinski definition) is 3. The third kappa shape index (κ3) is 5.07. The average Bonchev–Trinajstić information content (AvgIpc) is 3.15. The third-order valence-corrected chi connectivity index (χ3v) is 4.61. The van der Waals surface area contributed by atoms with Crippen LogP contribution < -0.4 is 4.74 Å². The SMILES string of the molecule is COc1ccc(CCC(=O)N2CCC(OCc3ccccc3)C2)cc1. The van der Waals surface area contributed by atoms with Gasteiger partial charge in [-0.3, -0.25) is 4.79 Å². The Morgan fingerprint density at radius 1 is 1.08 bits per heavy atom. The standard InChI is InChI=1S/C21H25NO3/c1-24-19-10-7-17(8-11-19)9-12-21(23)22-14-13-20(15-22)25-16-18-5-3-2-4-6-18/h2-8,10-11,20H,9,12-16H2,1H3. The maximum absolute atomic E-state index is 12.4. The zero-order valence-electron chi connectivity index (χ0n) is 14.7. The van der Waals surface area contributed by atoms with Crippen LogP contribution in [0.25, 0.3) is 0 Å². The van der Waals surface area contributed by atoms with Crippen molar-refractivity contribution in [1.29, 1.82) is 0 Å². The number of rotatable bonds is 7. The summed E-state index contributed by atoms with van der Waals surface area (Å²) in [5.41, 5.74) is 2.33. The molecule has 0 spiro atoms. The van der Waals surface area contributed by atoms with E-state index in [0.717, 1.165) is 30.7 Å². The molecule has 2 aromatic rings. The molecule has 1 aliphatic rings. The topological polar surface area (TPSA) is 38.8 Å². The molecule has 1 aliphatic heterocycles. The van der Waals surface area contributed by atoms with Gasteiger partial charge in [0.2, 0.25) is 5.91 Å². The number of aryl methyl sites for hydroxylation is 1. The smallest absolute Gasteiger partial charge is 0.222 e. The Labute approximate surface area is 149 Å². The number of amides is 1. The van der Waals surface area contributed by atoms with Crippen molar-refractivity contribution in [2.75, 3.05) is 20.2 Å². The zero-order chi connectivity index (χ0) is 17.5. The Morgan fingerprint density at radius 2 is 1.84 bits per heavy atom. The lowest BCUT2D eigenvalue weighted by Gasteiger charge is -2.17. The van der Waals surface area contributed by atoms with Gasteiger partial charge >= 0.3 is 0 Å². The van der Waals surface area contributed by atoms with Gasteiger partial charge in [-0.15, -0.1) is 0 Å². The van der Waals surface area contributed by atoms with Gasteiger partial charge in [0.1, 0.15) is 5.75 Å². The number of methoxy groups -OCH3 is 1. The normalized spacial score (nSPS) is 16.8. The molecule has 0 aliphatic carbocycles. The fourth-order valence-electron chi connectivity index (χ4n) is 3.08. The van der Waals surface area contributed by atoms with Gasteiger partial charge in [-0.05, 0) is 36.1 Å². The van der Waals surface area contributed by atoms with E-state index < -0.39 is 0 Å². The predicted octanol–water partition coefficient (Wildman–Crippen LogP) is 3.45. The molecule has 1 unspecified atom stereocenters. The molecule has 1 fully saturated rings. The van der Waals surface area contributed by atoms with E-state index in [1.54, 1.807) is 7.11 Å². The Morgan fingerprint density at radius 3 is 2.56 bits per heavy atom. The highest BCUT2D eigenvalue weighted by Gasteiger charge is 2.26. The van der Waals surface area contributed by atoms with Crippen LogP contribution in [0, 0.1) is 0 Å². The van der Waals surface area contributed by atoms with E-state index in [1.807, 2.05) is 47.4 Å². The van der Waals surface area contributed by atoms with E-state index in [4.69, 9.17) is 9.47 Å². The first-order valence-electron chi connectivity index (χ1n) is 8.81. The van der Waals surface area contributed by atoms with Crippen LogP contribution >= 0.6 is 0 Å². The van der Waals surface area contributed by atoms with Crippen LogP contribution in [-0.2, 0) is 22.6 Å². The fraction of sp³-hybridized carbons (Fsp3) is 0.381. The van der Waals surface area contributed by atoms with Crippen LogP contribution in [-0.4, -0.2) is 37.1 Å². The summed E-state index contributed by atoms with van der Waals surface area (Å²) in [5.74, 6) is 1.05. The highest BCUT2D eigenvalue weighted by molar-refractivity contribution is 5.76. The molecule has 3 rings (SSSR count). The molecule has 4 nitrogen and oxygen atoms in total. The molecule has 132 valence electrons. The van der Waals surface area contributed by atoms with Crippen molar-refractivity contribution in [3.63, 3.8) is 0 Å². The van der Waals surface area contributed by atoms with Crippen LogP contribution in [0.3, 0.4) is 0 Å². The number of ether oxygens (including phenoxy) is 2. The number of likely N-dealkylation sites (tertiary alicyclic amines) is 1. The molecule has 0 bridgehead atoms. The Hall–Kier alpha value is -2.33. The second kappa shape index (κ2) is 8.67. The van der Waals surface area contributed by atoms with Crippen LogP contribution in [0.2, 0.25) is 0 Å². The summed E-state index contributed by atoms with van der Waals surface area (Å²) in [6, 6.07) is 18.1. The highest BCUT2D eigenvalue weighted by atomic mass is 16.5. The maximum atomic E-state index is 12.4. The van der Waals surface area contributed by atoms with Gasteiger partial charge < -0.3 is 14.4 Å². The first kappa shape index (κ1) is 17.5. The summed E-state index contributed by atoms with van der Waals surface area (Å²) < 4.78 is 11.1. The van der Waals surface area contributed by atoms with Crippen molar-refractivity contribution in [3.8, 4) is 5.75 Å². The van der Waals surface area contributed by atoms with Gasteiger partial charge in [0.05, 0.1) is 19.8 Å². The van der Waals surface area contributed by atoms with Gasteiger partial charge in [0.25, 0.3) is 0 Å². The summed E-state index contributed by atoms with van der Waals surface area (Å²) in [6.45, 7) is 2.11. The number of carbonyl (C=O) groups is 1. The first-order chi connectivity index (χ1) is 12.2. The van der Waals surface area contributed by atoms with Crippen molar-refractivity contribution >= 4 is 5.91 Å². The van der Waals surface area contributed by atoms with Crippen molar-refractivity contribution in [2.45, 2.75) is 32.0 Å². The zero-order valence-corrected chi connectivity index (χ0v) is 14.7. The largest absolute Gasteiger partial charge is 0.497 e. The van der Waals surface area contributed by atoms with E-state index in [1.165, 1.54) is 5.56 Å². The van der Waals surface area contributed by atoms with E-state index >= 15 is 0 Å². The van der Waals surface area contributed by atoms with Crippen molar-refractivity contribution in [2.24, 2.45) is 0 Å². The van der Waals surface area contributed by atoms with Gasteiger partial charge in [-0.2, -0.15) is 0 Å². The van der Waals surface area contributed by atoms with Crippen LogP contribution in [0.15, 0.2) is 54.6 Å².